The molecule has 0 amide bonds. The summed E-state index contributed by atoms with van der Waals surface area (Å²) in [6, 6.07) is 8.39. The van der Waals surface area contributed by atoms with Crippen molar-refractivity contribution in [2.24, 2.45) is 5.73 Å². The molecule has 1 unspecified atom stereocenters. The van der Waals surface area contributed by atoms with Crippen LogP contribution in [0.1, 0.15) is 10.8 Å². The number of nitrogens with two attached hydrogens (primary N) is 1. The van der Waals surface area contributed by atoms with E-state index in [2.05, 4.69) is 0 Å². The molecule has 0 saturated carbocycles. The van der Waals surface area contributed by atoms with E-state index in [9.17, 15) is 8.42 Å². The van der Waals surface area contributed by atoms with E-state index in [0.29, 0.717) is 5.56 Å². The Balaban J connectivity index is 0.00000169. The van der Waals surface area contributed by atoms with Crippen molar-refractivity contribution in [2.45, 2.75) is 5.25 Å². The fraction of sp³-hybridized carbons (Fsp3) is 0.250. The Hall–Kier alpha value is 0.0900. The summed E-state index contributed by atoms with van der Waals surface area (Å²) in [4.78, 5) is 0. The standard InChI is InChI=1S/C8H11NO3S.Na/c9-6-8(13(10,11)12)7-4-2-1-3-5-7;/h1-5,8H,6,9H2,(H,10,11,12);. The second kappa shape index (κ2) is 5.85. The Morgan fingerprint density at radius 2 is 1.79 bits per heavy atom. The molecule has 3 N–H and O–H groups in total. The third-order valence-electron chi connectivity index (χ3n) is 1.74. The Morgan fingerprint density at radius 1 is 1.29 bits per heavy atom. The van der Waals surface area contributed by atoms with Gasteiger partial charge in [-0.25, -0.2) is 0 Å². The Labute approximate surface area is 106 Å². The van der Waals surface area contributed by atoms with E-state index in [1.807, 2.05) is 0 Å². The fourth-order valence-electron chi connectivity index (χ4n) is 1.10. The van der Waals surface area contributed by atoms with Crippen LogP contribution in [0.15, 0.2) is 30.3 Å². The molecule has 0 heterocycles. The second-order valence-electron chi connectivity index (χ2n) is 2.65. The van der Waals surface area contributed by atoms with Crippen molar-refractivity contribution in [2.75, 3.05) is 6.54 Å². The molecule has 0 bridgehead atoms. The largest absolute Gasteiger partial charge is 0.329 e. The van der Waals surface area contributed by atoms with Crippen molar-refractivity contribution in [1.29, 1.82) is 0 Å². The molecule has 0 aromatic heterocycles. The van der Waals surface area contributed by atoms with E-state index in [4.69, 9.17) is 10.3 Å². The minimum atomic E-state index is -4.09. The van der Waals surface area contributed by atoms with Gasteiger partial charge in [0.15, 0.2) is 0 Å². The summed E-state index contributed by atoms with van der Waals surface area (Å²) >= 11 is 0. The van der Waals surface area contributed by atoms with Crippen molar-refractivity contribution in [3.8, 4) is 0 Å². The van der Waals surface area contributed by atoms with Crippen LogP contribution in [0.2, 0.25) is 0 Å². The molecule has 73 valence electrons. The molecule has 1 radical (unpaired) electrons. The molecule has 1 atom stereocenters. The van der Waals surface area contributed by atoms with Gasteiger partial charge in [0.25, 0.3) is 10.1 Å². The number of rotatable bonds is 3. The van der Waals surface area contributed by atoms with Gasteiger partial charge in [0.2, 0.25) is 0 Å². The van der Waals surface area contributed by atoms with Crippen LogP contribution in [-0.2, 0) is 10.1 Å². The maximum absolute atomic E-state index is 10.8. The Kier molecular flexibility index (Phi) is 5.88. The molecule has 0 aliphatic carbocycles. The van der Waals surface area contributed by atoms with Crippen LogP contribution in [0, 0.1) is 0 Å². The van der Waals surface area contributed by atoms with Crippen LogP contribution in [0.25, 0.3) is 0 Å². The van der Waals surface area contributed by atoms with Gasteiger partial charge >= 0.3 is 0 Å². The first-order valence-corrected chi connectivity index (χ1v) is 5.27. The molecule has 1 aromatic rings. The zero-order valence-electron chi connectivity index (χ0n) is 7.92. The number of benzene rings is 1. The summed E-state index contributed by atoms with van der Waals surface area (Å²) in [6.45, 7) is -0.122. The maximum atomic E-state index is 10.8. The summed E-state index contributed by atoms with van der Waals surface area (Å²) in [5, 5.41) is -1.02. The zero-order valence-corrected chi connectivity index (χ0v) is 10.7. The molecule has 4 nitrogen and oxygen atoms in total. The minimum absolute atomic E-state index is 0. The fourth-order valence-corrected chi connectivity index (χ4v) is 1.84. The summed E-state index contributed by atoms with van der Waals surface area (Å²) in [6.07, 6.45) is 0. The van der Waals surface area contributed by atoms with E-state index >= 15 is 0 Å². The maximum Gasteiger partial charge on any atom is 0.273 e. The van der Waals surface area contributed by atoms with Gasteiger partial charge in [0.05, 0.1) is 0 Å². The van der Waals surface area contributed by atoms with Crippen LogP contribution in [0.5, 0.6) is 0 Å². The van der Waals surface area contributed by atoms with Crippen molar-refractivity contribution < 1.29 is 13.0 Å². The van der Waals surface area contributed by atoms with Gasteiger partial charge in [-0.15, -0.1) is 0 Å². The number of hydrogen-bond donors (Lipinski definition) is 2. The first-order valence-electron chi connectivity index (χ1n) is 3.77. The van der Waals surface area contributed by atoms with Gasteiger partial charge in [-0.05, 0) is 5.56 Å². The molecular formula is C8H11NNaO3S. The smallest absolute Gasteiger partial charge is 0.273 e. The van der Waals surface area contributed by atoms with E-state index in [-0.39, 0.29) is 36.1 Å². The topological polar surface area (TPSA) is 80.4 Å². The summed E-state index contributed by atoms with van der Waals surface area (Å²) < 4.78 is 30.5. The Morgan fingerprint density at radius 3 is 2.14 bits per heavy atom. The SMILES string of the molecule is NCC(c1ccccc1)S(=O)(=O)O.[Na]. The molecule has 0 aliphatic rings. The molecule has 1 rings (SSSR count). The molecule has 1 aromatic carbocycles. The van der Waals surface area contributed by atoms with Gasteiger partial charge in [-0.2, -0.15) is 8.42 Å². The summed E-state index contributed by atoms with van der Waals surface area (Å²) in [5.41, 5.74) is 5.76. The normalized spacial score (nSPS) is 13.0. The minimum Gasteiger partial charge on any atom is -0.329 e. The molecule has 14 heavy (non-hydrogen) atoms. The van der Waals surface area contributed by atoms with E-state index in [0.717, 1.165) is 0 Å². The predicted molar refractivity (Wildman–Crippen MR) is 55.5 cm³/mol. The molecule has 0 spiro atoms. The zero-order chi connectivity index (χ0) is 9.90. The van der Waals surface area contributed by atoms with Gasteiger partial charge in [0, 0.05) is 36.1 Å². The first kappa shape index (κ1) is 14.1. The third kappa shape index (κ3) is 3.68. The van der Waals surface area contributed by atoms with Gasteiger partial charge in [-0.3, -0.25) is 4.55 Å². The average molecular weight is 224 g/mol. The van der Waals surface area contributed by atoms with E-state index < -0.39 is 15.4 Å². The monoisotopic (exact) mass is 224 g/mol. The van der Waals surface area contributed by atoms with Gasteiger partial charge < -0.3 is 5.73 Å². The van der Waals surface area contributed by atoms with Crippen molar-refractivity contribution in [3.63, 3.8) is 0 Å². The van der Waals surface area contributed by atoms with Crippen LogP contribution in [-0.4, -0.2) is 49.1 Å². The predicted octanol–water partition coefficient (Wildman–Crippen LogP) is 0.193. The van der Waals surface area contributed by atoms with Gasteiger partial charge in [0.1, 0.15) is 5.25 Å². The van der Waals surface area contributed by atoms with Crippen LogP contribution >= 0.6 is 0 Å². The third-order valence-corrected chi connectivity index (χ3v) is 2.93. The van der Waals surface area contributed by atoms with E-state index in [1.165, 1.54) is 0 Å². The van der Waals surface area contributed by atoms with Crippen LogP contribution in [0.4, 0.5) is 0 Å². The average Bonchev–Trinajstić information content (AvgIpc) is 2.05. The van der Waals surface area contributed by atoms with Crippen molar-refractivity contribution in [3.05, 3.63) is 35.9 Å². The Bertz CT molecular complexity index is 365. The van der Waals surface area contributed by atoms with Gasteiger partial charge in [-0.1, -0.05) is 30.3 Å². The van der Waals surface area contributed by atoms with Crippen LogP contribution in [0.3, 0.4) is 0 Å². The molecule has 0 saturated heterocycles. The van der Waals surface area contributed by atoms with Crippen molar-refractivity contribution >= 4 is 39.7 Å². The molecule has 0 fully saturated rings. The summed E-state index contributed by atoms with van der Waals surface area (Å²) in [5.74, 6) is 0. The molecule has 0 aliphatic heterocycles. The first-order chi connectivity index (χ1) is 6.05. The second-order valence-corrected chi connectivity index (χ2v) is 4.25. The van der Waals surface area contributed by atoms with Crippen LogP contribution < -0.4 is 5.73 Å². The quantitative estimate of drug-likeness (QED) is 0.567. The molecule has 6 heteroatoms. The number of hydrogen-bond acceptors (Lipinski definition) is 3. The summed E-state index contributed by atoms with van der Waals surface area (Å²) in [7, 11) is -4.09. The van der Waals surface area contributed by atoms with E-state index in [1.54, 1.807) is 30.3 Å². The van der Waals surface area contributed by atoms with Crippen molar-refractivity contribution in [1.82, 2.24) is 0 Å². The molecular weight excluding hydrogens is 213 g/mol.